The molecule has 0 saturated carbocycles. The van der Waals surface area contributed by atoms with Gasteiger partial charge in [-0.1, -0.05) is 0 Å². The third-order valence-electron chi connectivity index (χ3n) is 2.19. The first-order valence-electron chi connectivity index (χ1n) is 4.85. The molecule has 2 heterocycles. The van der Waals surface area contributed by atoms with E-state index in [1.165, 1.54) is 6.33 Å². The number of aryl methyl sites for hydroxylation is 1. The molecule has 16 heavy (non-hydrogen) atoms. The van der Waals surface area contributed by atoms with Gasteiger partial charge < -0.3 is 15.6 Å². The normalized spacial score (nSPS) is 12.4. The molecule has 0 amide bonds. The smallest absolute Gasteiger partial charge is 0.154 e. The van der Waals surface area contributed by atoms with Gasteiger partial charge in [-0.2, -0.15) is 0 Å². The van der Waals surface area contributed by atoms with Crippen molar-refractivity contribution >= 4 is 11.6 Å². The predicted molar refractivity (Wildman–Crippen MR) is 59.5 cm³/mol. The second kappa shape index (κ2) is 4.13. The second-order valence-electron chi connectivity index (χ2n) is 3.49. The Morgan fingerprint density at radius 1 is 1.44 bits per heavy atom. The lowest BCUT2D eigenvalue weighted by molar-refractivity contribution is 0.716. The summed E-state index contributed by atoms with van der Waals surface area (Å²) in [4.78, 5) is 7.88. The van der Waals surface area contributed by atoms with Gasteiger partial charge in [0.1, 0.15) is 24.3 Å². The van der Waals surface area contributed by atoms with Crippen LogP contribution in [0.2, 0.25) is 0 Å². The zero-order valence-electron chi connectivity index (χ0n) is 9.12. The molecule has 2 rings (SSSR count). The molecule has 1 atom stereocenters. The van der Waals surface area contributed by atoms with E-state index in [-0.39, 0.29) is 6.04 Å². The van der Waals surface area contributed by atoms with Crippen LogP contribution in [-0.2, 0) is 7.05 Å². The SMILES string of the molecule is CC(Nc1cc(N)ncn1)c1nncn1C. The topological polar surface area (TPSA) is 94.5 Å². The maximum atomic E-state index is 5.56. The number of nitrogen functional groups attached to an aromatic ring is 1. The molecule has 0 aliphatic heterocycles. The monoisotopic (exact) mass is 219 g/mol. The van der Waals surface area contributed by atoms with Crippen molar-refractivity contribution in [2.24, 2.45) is 7.05 Å². The minimum Gasteiger partial charge on any atom is -0.384 e. The summed E-state index contributed by atoms with van der Waals surface area (Å²) in [7, 11) is 1.89. The molecule has 84 valence electrons. The van der Waals surface area contributed by atoms with Gasteiger partial charge in [0.05, 0.1) is 6.04 Å². The van der Waals surface area contributed by atoms with Gasteiger partial charge in [-0.15, -0.1) is 10.2 Å². The van der Waals surface area contributed by atoms with Crippen LogP contribution in [0, 0.1) is 0 Å². The molecular weight excluding hydrogens is 206 g/mol. The van der Waals surface area contributed by atoms with Crippen LogP contribution in [0.25, 0.3) is 0 Å². The summed E-state index contributed by atoms with van der Waals surface area (Å²) in [5.41, 5.74) is 5.56. The average Bonchev–Trinajstić information content (AvgIpc) is 2.64. The Morgan fingerprint density at radius 3 is 2.88 bits per heavy atom. The lowest BCUT2D eigenvalue weighted by Gasteiger charge is -2.13. The molecule has 7 nitrogen and oxygen atoms in total. The largest absolute Gasteiger partial charge is 0.384 e. The Hall–Kier alpha value is -2.18. The second-order valence-corrected chi connectivity index (χ2v) is 3.49. The van der Waals surface area contributed by atoms with E-state index in [4.69, 9.17) is 5.73 Å². The highest BCUT2D eigenvalue weighted by Gasteiger charge is 2.11. The van der Waals surface area contributed by atoms with Gasteiger partial charge >= 0.3 is 0 Å². The summed E-state index contributed by atoms with van der Waals surface area (Å²) in [6, 6.07) is 1.68. The number of aromatic nitrogens is 5. The van der Waals surface area contributed by atoms with E-state index in [2.05, 4.69) is 25.5 Å². The standard InChI is InChI=1S/C9H13N7/c1-6(9-15-13-5-16(9)2)14-8-3-7(10)11-4-12-8/h3-6H,1-2H3,(H3,10,11,12,14). The number of hydrogen-bond donors (Lipinski definition) is 2. The van der Waals surface area contributed by atoms with Crippen molar-refractivity contribution in [3.05, 3.63) is 24.5 Å². The molecule has 0 aromatic carbocycles. The summed E-state index contributed by atoms with van der Waals surface area (Å²) < 4.78 is 1.85. The number of hydrogen-bond acceptors (Lipinski definition) is 6. The predicted octanol–water partition coefficient (Wildman–Crippen LogP) is 0.360. The highest BCUT2D eigenvalue weighted by Crippen LogP contribution is 2.15. The third-order valence-corrected chi connectivity index (χ3v) is 2.19. The van der Waals surface area contributed by atoms with Crippen molar-refractivity contribution in [1.29, 1.82) is 0 Å². The van der Waals surface area contributed by atoms with Crippen molar-refractivity contribution in [1.82, 2.24) is 24.7 Å². The molecule has 2 aromatic heterocycles. The first-order chi connectivity index (χ1) is 7.66. The van der Waals surface area contributed by atoms with Crippen LogP contribution in [0.1, 0.15) is 18.8 Å². The van der Waals surface area contributed by atoms with E-state index >= 15 is 0 Å². The Balaban J connectivity index is 2.14. The highest BCUT2D eigenvalue weighted by molar-refractivity contribution is 5.44. The van der Waals surface area contributed by atoms with Crippen LogP contribution in [0.4, 0.5) is 11.6 Å². The van der Waals surface area contributed by atoms with E-state index in [0.717, 1.165) is 5.82 Å². The molecule has 7 heteroatoms. The molecule has 1 unspecified atom stereocenters. The fourth-order valence-corrected chi connectivity index (χ4v) is 1.42. The Morgan fingerprint density at radius 2 is 2.25 bits per heavy atom. The van der Waals surface area contributed by atoms with E-state index in [9.17, 15) is 0 Å². The van der Waals surface area contributed by atoms with E-state index in [0.29, 0.717) is 11.6 Å². The molecule has 3 N–H and O–H groups in total. The van der Waals surface area contributed by atoms with Crippen LogP contribution in [0.5, 0.6) is 0 Å². The third kappa shape index (κ3) is 2.08. The van der Waals surface area contributed by atoms with Crippen molar-refractivity contribution in [2.75, 3.05) is 11.1 Å². The van der Waals surface area contributed by atoms with E-state index in [1.807, 2.05) is 18.5 Å². The zero-order valence-corrected chi connectivity index (χ0v) is 9.12. The van der Waals surface area contributed by atoms with Gasteiger partial charge in [-0.25, -0.2) is 9.97 Å². The summed E-state index contributed by atoms with van der Waals surface area (Å²) >= 11 is 0. The highest BCUT2D eigenvalue weighted by atomic mass is 15.3. The maximum Gasteiger partial charge on any atom is 0.154 e. The molecule has 0 radical (unpaired) electrons. The first kappa shape index (κ1) is 10.3. The Bertz CT molecular complexity index is 478. The number of nitrogens with one attached hydrogen (secondary N) is 1. The molecule has 0 aliphatic rings. The van der Waals surface area contributed by atoms with Gasteiger partial charge in [0.2, 0.25) is 0 Å². The quantitative estimate of drug-likeness (QED) is 0.774. The van der Waals surface area contributed by atoms with Gasteiger partial charge in [0, 0.05) is 13.1 Å². The van der Waals surface area contributed by atoms with Crippen LogP contribution in [-0.4, -0.2) is 24.7 Å². The molecule has 0 saturated heterocycles. The van der Waals surface area contributed by atoms with Crippen LogP contribution >= 0.6 is 0 Å². The number of anilines is 2. The van der Waals surface area contributed by atoms with Gasteiger partial charge in [-0.3, -0.25) is 0 Å². The van der Waals surface area contributed by atoms with Gasteiger partial charge in [-0.05, 0) is 6.92 Å². The van der Waals surface area contributed by atoms with Crippen molar-refractivity contribution in [3.8, 4) is 0 Å². The van der Waals surface area contributed by atoms with Crippen molar-refractivity contribution in [2.45, 2.75) is 13.0 Å². The van der Waals surface area contributed by atoms with Crippen LogP contribution in [0.15, 0.2) is 18.7 Å². The number of rotatable bonds is 3. The van der Waals surface area contributed by atoms with Gasteiger partial charge in [0.25, 0.3) is 0 Å². The van der Waals surface area contributed by atoms with Crippen molar-refractivity contribution < 1.29 is 0 Å². The molecule has 0 spiro atoms. The summed E-state index contributed by atoms with van der Waals surface area (Å²) in [5, 5.41) is 11.0. The van der Waals surface area contributed by atoms with Crippen LogP contribution < -0.4 is 11.1 Å². The first-order valence-corrected chi connectivity index (χ1v) is 4.85. The lowest BCUT2D eigenvalue weighted by atomic mass is 10.3. The fraction of sp³-hybridized carbons (Fsp3) is 0.333. The van der Waals surface area contributed by atoms with Crippen LogP contribution in [0.3, 0.4) is 0 Å². The summed E-state index contributed by atoms with van der Waals surface area (Å²) in [6.45, 7) is 1.97. The molecule has 0 fully saturated rings. The molecule has 0 bridgehead atoms. The zero-order chi connectivity index (χ0) is 11.5. The minimum absolute atomic E-state index is 0.00167. The number of nitrogens with zero attached hydrogens (tertiary/aromatic N) is 5. The molecule has 2 aromatic rings. The average molecular weight is 219 g/mol. The molecular formula is C9H13N7. The van der Waals surface area contributed by atoms with Gasteiger partial charge in [0.15, 0.2) is 5.82 Å². The number of nitrogens with two attached hydrogens (primary N) is 1. The summed E-state index contributed by atoms with van der Waals surface area (Å²) in [6.07, 6.45) is 3.07. The lowest BCUT2D eigenvalue weighted by Crippen LogP contribution is -2.13. The minimum atomic E-state index is 0.00167. The summed E-state index contributed by atoms with van der Waals surface area (Å²) in [5.74, 6) is 1.93. The van der Waals surface area contributed by atoms with Crippen molar-refractivity contribution in [3.63, 3.8) is 0 Å². The molecule has 0 aliphatic carbocycles. The van der Waals surface area contributed by atoms with E-state index in [1.54, 1.807) is 12.4 Å². The Kier molecular flexibility index (Phi) is 2.67. The Labute approximate surface area is 92.7 Å². The van der Waals surface area contributed by atoms with E-state index < -0.39 is 0 Å². The fourth-order valence-electron chi connectivity index (χ4n) is 1.42. The maximum absolute atomic E-state index is 5.56.